The van der Waals surface area contributed by atoms with Gasteiger partial charge in [0.15, 0.2) is 0 Å². The van der Waals surface area contributed by atoms with Gasteiger partial charge in [-0.1, -0.05) is 11.6 Å². The molecule has 0 spiro atoms. The van der Waals surface area contributed by atoms with Crippen LogP contribution in [-0.2, 0) is 0 Å². The number of hydrogen-bond donors (Lipinski definition) is 1. The number of aliphatic hydroxyl groups is 1. The molecule has 1 saturated heterocycles. The molecule has 5 heteroatoms. The molecule has 0 bridgehead atoms. The first-order valence-corrected chi connectivity index (χ1v) is 6.89. The first-order valence-electron chi connectivity index (χ1n) is 6.51. The van der Waals surface area contributed by atoms with Crippen LogP contribution in [0.3, 0.4) is 0 Å². The average molecular weight is 284 g/mol. The highest BCUT2D eigenvalue weighted by atomic mass is 35.5. The van der Waals surface area contributed by atoms with E-state index in [0.29, 0.717) is 36.0 Å². The van der Waals surface area contributed by atoms with E-state index in [4.69, 9.17) is 16.3 Å². The van der Waals surface area contributed by atoms with Gasteiger partial charge < -0.3 is 14.7 Å². The van der Waals surface area contributed by atoms with Crippen LogP contribution in [0.2, 0.25) is 5.02 Å². The van der Waals surface area contributed by atoms with Gasteiger partial charge in [0.05, 0.1) is 18.3 Å². The van der Waals surface area contributed by atoms with Crippen LogP contribution in [0.25, 0.3) is 0 Å². The zero-order valence-corrected chi connectivity index (χ0v) is 11.7. The van der Waals surface area contributed by atoms with Gasteiger partial charge >= 0.3 is 0 Å². The number of nitrogens with zero attached hydrogens (tertiary/aromatic N) is 1. The zero-order chi connectivity index (χ0) is 13.8. The molecule has 104 valence electrons. The van der Waals surface area contributed by atoms with Crippen LogP contribution in [0, 0.1) is 0 Å². The number of amides is 1. The maximum Gasteiger partial charge on any atom is 0.257 e. The standard InChI is InChI=1S/C14H18ClNO3/c1-2-19-13-8-10(15)5-6-12(13)14(18)16-7-3-4-11(17)9-16/h5-6,8,11,17H,2-4,7,9H2,1H3. The Balaban J connectivity index is 2.22. The van der Waals surface area contributed by atoms with Crippen molar-refractivity contribution in [1.82, 2.24) is 4.90 Å². The molecule has 0 aromatic heterocycles. The van der Waals surface area contributed by atoms with E-state index in [9.17, 15) is 9.90 Å². The van der Waals surface area contributed by atoms with Crippen LogP contribution < -0.4 is 4.74 Å². The van der Waals surface area contributed by atoms with Crippen molar-refractivity contribution < 1.29 is 14.6 Å². The van der Waals surface area contributed by atoms with E-state index in [1.165, 1.54) is 0 Å². The topological polar surface area (TPSA) is 49.8 Å². The van der Waals surface area contributed by atoms with E-state index in [1.807, 2.05) is 6.92 Å². The van der Waals surface area contributed by atoms with Crippen molar-refractivity contribution in [3.8, 4) is 5.75 Å². The quantitative estimate of drug-likeness (QED) is 0.926. The van der Waals surface area contributed by atoms with Crippen LogP contribution in [0.15, 0.2) is 18.2 Å². The largest absolute Gasteiger partial charge is 0.493 e. The SMILES string of the molecule is CCOc1cc(Cl)ccc1C(=O)N1CCCC(O)C1. The third-order valence-electron chi connectivity index (χ3n) is 3.16. The summed E-state index contributed by atoms with van der Waals surface area (Å²) in [6.45, 7) is 3.39. The van der Waals surface area contributed by atoms with Gasteiger partial charge in [-0.15, -0.1) is 0 Å². The fraction of sp³-hybridized carbons (Fsp3) is 0.500. The van der Waals surface area contributed by atoms with Gasteiger partial charge in [-0.25, -0.2) is 0 Å². The molecule has 1 aromatic rings. The number of ether oxygens (including phenoxy) is 1. The number of hydrogen-bond acceptors (Lipinski definition) is 3. The van der Waals surface area contributed by atoms with Crippen LogP contribution >= 0.6 is 11.6 Å². The minimum absolute atomic E-state index is 0.112. The highest BCUT2D eigenvalue weighted by molar-refractivity contribution is 6.30. The van der Waals surface area contributed by atoms with Crippen molar-refractivity contribution in [3.05, 3.63) is 28.8 Å². The number of likely N-dealkylation sites (tertiary alicyclic amines) is 1. The van der Waals surface area contributed by atoms with E-state index >= 15 is 0 Å². The second-order valence-corrected chi connectivity index (χ2v) is 5.06. The number of rotatable bonds is 3. The summed E-state index contributed by atoms with van der Waals surface area (Å²) in [5, 5.41) is 10.2. The first-order chi connectivity index (χ1) is 9.11. The molecule has 1 N–H and O–H groups in total. The van der Waals surface area contributed by atoms with Gasteiger partial charge in [-0.2, -0.15) is 0 Å². The molecule has 0 saturated carbocycles. The van der Waals surface area contributed by atoms with E-state index in [-0.39, 0.29) is 5.91 Å². The number of halogens is 1. The summed E-state index contributed by atoms with van der Waals surface area (Å²) in [7, 11) is 0. The van der Waals surface area contributed by atoms with Gasteiger partial charge in [0, 0.05) is 18.1 Å². The Bertz CT molecular complexity index is 464. The normalized spacial score (nSPS) is 19.3. The lowest BCUT2D eigenvalue weighted by molar-refractivity contribution is 0.0470. The summed E-state index contributed by atoms with van der Waals surface area (Å²) in [5.74, 6) is 0.388. The van der Waals surface area contributed by atoms with E-state index in [1.54, 1.807) is 23.1 Å². The van der Waals surface area contributed by atoms with E-state index in [0.717, 1.165) is 12.8 Å². The maximum absolute atomic E-state index is 12.4. The van der Waals surface area contributed by atoms with Crippen LogP contribution in [0.1, 0.15) is 30.1 Å². The fourth-order valence-corrected chi connectivity index (χ4v) is 2.42. The summed E-state index contributed by atoms with van der Waals surface area (Å²) in [4.78, 5) is 14.1. The van der Waals surface area contributed by atoms with Crippen molar-refractivity contribution in [2.24, 2.45) is 0 Å². The van der Waals surface area contributed by atoms with E-state index < -0.39 is 6.10 Å². The highest BCUT2D eigenvalue weighted by Gasteiger charge is 2.25. The van der Waals surface area contributed by atoms with Gasteiger partial charge in [0.25, 0.3) is 5.91 Å². The third-order valence-corrected chi connectivity index (χ3v) is 3.39. The predicted molar refractivity (Wildman–Crippen MR) is 73.8 cm³/mol. The van der Waals surface area contributed by atoms with Crippen LogP contribution in [-0.4, -0.2) is 41.7 Å². The molecule has 19 heavy (non-hydrogen) atoms. The smallest absolute Gasteiger partial charge is 0.257 e. The summed E-state index contributed by atoms with van der Waals surface area (Å²) in [6.07, 6.45) is 1.15. The molecule has 0 radical (unpaired) electrons. The Morgan fingerprint density at radius 3 is 3.05 bits per heavy atom. The lowest BCUT2D eigenvalue weighted by atomic mass is 10.1. The number of carbonyl (C=O) groups excluding carboxylic acids is 1. The molecular formula is C14H18ClNO3. The number of benzene rings is 1. The summed E-state index contributed by atoms with van der Waals surface area (Å²) in [6, 6.07) is 5.01. The Kier molecular flexibility index (Phi) is 4.66. The summed E-state index contributed by atoms with van der Waals surface area (Å²) in [5.41, 5.74) is 0.500. The second-order valence-electron chi connectivity index (χ2n) is 4.62. The van der Waals surface area contributed by atoms with Crippen LogP contribution in [0.5, 0.6) is 5.75 Å². The highest BCUT2D eigenvalue weighted by Crippen LogP contribution is 2.26. The maximum atomic E-state index is 12.4. The van der Waals surface area contributed by atoms with Crippen LogP contribution in [0.4, 0.5) is 0 Å². The molecule has 1 heterocycles. The minimum atomic E-state index is -0.430. The molecule has 1 aliphatic rings. The van der Waals surface area contributed by atoms with Crippen molar-refractivity contribution in [3.63, 3.8) is 0 Å². The Labute approximate surface area is 117 Å². The zero-order valence-electron chi connectivity index (χ0n) is 10.9. The second kappa shape index (κ2) is 6.26. The molecular weight excluding hydrogens is 266 g/mol. The summed E-state index contributed by atoms with van der Waals surface area (Å²) < 4.78 is 5.46. The Hall–Kier alpha value is -1.26. The van der Waals surface area contributed by atoms with Gasteiger partial charge in [0.2, 0.25) is 0 Å². The number of piperidine rings is 1. The lowest BCUT2D eigenvalue weighted by Gasteiger charge is -2.30. The molecule has 1 atom stereocenters. The molecule has 1 aromatic carbocycles. The molecule has 1 fully saturated rings. The third kappa shape index (κ3) is 3.39. The summed E-state index contributed by atoms with van der Waals surface area (Å²) >= 11 is 5.92. The number of β-amino-alcohol motifs (C(OH)–C–C–N with tert-alkyl or cyclic N) is 1. The van der Waals surface area contributed by atoms with E-state index in [2.05, 4.69) is 0 Å². The first kappa shape index (κ1) is 14.2. The molecule has 1 aliphatic heterocycles. The average Bonchev–Trinajstić information content (AvgIpc) is 2.39. The van der Waals surface area contributed by atoms with Gasteiger partial charge in [-0.05, 0) is 38.0 Å². The van der Waals surface area contributed by atoms with Crippen molar-refractivity contribution in [2.45, 2.75) is 25.9 Å². The lowest BCUT2D eigenvalue weighted by Crippen LogP contribution is -2.42. The Morgan fingerprint density at radius 2 is 2.37 bits per heavy atom. The molecule has 2 rings (SSSR count). The van der Waals surface area contributed by atoms with Gasteiger partial charge in [-0.3, -0.25) is 4.79 Å². The number of carbonyl (C=O) groups is 1. The Morgan fingerprint density at radius 1 is 1.58 bits per heavy atom. The number of aliphatic hydroxyl groups excluding tert-OH is 1. The van der Waals surface area contributed by atoms with Crippen molar-refractivity contribution >= 4 is 17.5 Å². The van der Waals surface area contributed by atoms with Crippen molar-refractivity contribution in [1.29, 1.82) is 0 Å². The predicted octanol–water partition coefficient (Wildman–Crippen LogP) is 2.34. The molecule has 4 nitrogen and oxygen atoms in total. The minimum Gasteiger partial charge on any atom is -0.493 e. The van der Waals surface area contributed by atoms with Gasteiger partial charge in [0.1, 0.15) is 5.75 Å². The van der Waals surface area contributed by atoms with Crippen molar-refractivity contribution in [2.75, 3.05) is 19.7 Å². The fourth-order valence-electron chi connectivity index (χ4n) is 2.26. The molecule has 1 amide bonds. The molecule has 1 unspecified atom stereocenters. The molecule has 0 aliphatic carbocycles. The monoisotopic (exact) mass is 283 g/mol.